The molecule has 1 aliphatic heterocycles. The zero-order valence-corrected chi connectivity index (χ0v) is 12.5. The first-order valence-electron chi connectivity index (χ1n) is 6.79. The van der Waals surface area contributed by atoms with Crippen LogP contribution in [0.3, 0.4) is 0 Å². The van der Waals surface area contributed by atoms with Gasteiger partial charge in [0.15, 0.2) is 17.3 Å². The summed E-state index contributed by atoms with van der Waals surface area (Å²) < 4.78 is 10.7. The molecule has 6 heteroatoms. The highest BCUT2D eigenvalue weighted by Gasteiger charge is 2.34. The van der Waals surface area contributed by atoms with E-state index < -0.39 is 0 Å². The number of carbonyl (C=O) groups is 1. The highest BCUT2D eigenvalue weighted by Crippen LogP contribution is 2.44. The van der Waals surface area contributed by atoms with Crippen molar-refractivity contribution in [1.29, 1.82) is 0 Å². The van der Waals surface area contributed by atoms with E-state index in [4.69, 9.17) is 9.47 Å². The Labute approximate surface area is 131 Å². The number of benzene rings is 2. The normalized spacial score (nSPS) is 14.7. The van der Waals surface area contributed by atoms with Crippen LogP contribution >= 0.6 is 0 Å². The number of carbonyl (C=O) groups excluding carboxylic acids is 1. The molecular formula is C17H14O6. The Kier molecular flexibility index (Phi) is 3.37. The number of allylic oxidation sites excluding steroid dienone is 1. The monoisotopic (exact) mass is 314 g/mol. The number of ketones is 1. The van der Waals surface area contributed by atoms with Gasteiger partial charge in [0.2, 0.25) is 5.78 Å². The summed E-state index contributed by atoms with van der Waals surface area (Å²) >= 11 is 0. The van der Waals surface area contributed by atoms with E-state index in [2.05, 4.69) is 0 Å². The van der Waals surface area contributed by atoms with Gasteiger partial charge in [-0.3, -0.25) is 4.79 Å². The van der Waals surface area contributed by atoms with Crippen LogP contribution in [0, 0.1) is 6.92 Å². The minimum Gasteiger partial charge on any atom is -0.507 e. The van der Waals surface area contributed by atoms with E-state index in [-0.39, 0.29) is 45.9 Å². The Morgan fingerprint density at radius 2 is 1.83 bits per heavy atom. The first-order valence-corrected chi connectivity index (χ1v) is 6.79. The first kappa shape index (κ1) is 14.8. The molecule has 0 aromatic heterocycles. The number of hydrogen-bond donors (Lipinski definition) is 3. The van der Waals surface area contributed by atoms with Crippen LogP contribution in [-0.4, -0.2) is 28.2 Å². The lowest BCUT2D eigenvalue weighted by Crippen LogP contribution is -2.00. The highest BCUT2D eigenvalue weighted by atomic mass is 16.5. The van der Waals surface area contributed by atoms with Gasteiger partial charge in [-0.15, -0.1) is 0 Å². The number of fused-ring (bicyclic) bond motifs is 1. The fourth-order valence-electron chi connectivity index (χ4n) is 2.38. The summed E-state index contributed by atoms with van der Waals surface area (Å²) in [5.41, 5.74) is 1.17. The molecule has 3 rings (SSSR count). The van der Waals surface area contributed by atoms with Crippen molar-refractivity contribution in [2.45, 2.75) is 6.92 Å². The molecule has 0 saturated carbocycles. The van der Waals surface area contributed by atoms with Crippen LogP contribution in [0.25, 0.3) is 6.08 Å². The highest BCUT2D eigenvalue weighted by molar-refractivity contribution is 6.16. The van der Waals surface area contributed by atoms with Gasteiger partial charge in [-0.25, -0.2) is 0 Å². The van der Waals surface area contributed by atoms with Crippen LogP contribution in [0.2, 0.25) is 0 Å². The smallest absolute Gasteiger partial charge is 0.235 e. The third-order valence-electron chi connectivity index (χ3n) is 3.65. The third kappa shape index (κ3) is 2.34. The van der Waals surface area contributed by atoms with Crippen LogP contribution in [0.1, 0.15) is 21.5 Å². The average molecular weight is 314 g/mol. The molecule has 0 unspecified atom stereocenters. The van der Waals surface area contributed by atoms with Gasteiger partial charge in [-0.05, 0) is 30.7 Å². The van der Waals surface area contributed by atoms with E-state index in [0.29, 0.717) is 11.1 Å². The molecule has 2 aromatic rings. The van der Waals surface area contributed by atoms with Crippen molar-refractivity contribution in [2.75, 3.05) is 7.11 Å². The quantitative estimate of drug-likeness (QED) is 0.582. The van der Waals surface area contributed by atoms with Crippen LogP contribution in [0.5, 0.6) is 28.7 Å². The maximum Gasteiger partial charge on any atom is 0.235 e. The van der Waals surface area contributed by atoms with Crippen molar-refractivity contribution in [2.24, 2.45) is 0 Å². The summed E-state index contributed by atoms with van der Waals surface area (Å²) in [6.45, 7) is 1.64. The zero-order valence-electron chi connectivity index (χ0n) is 12.5. The summed E-state index contributed by atoms with van der Waals surface area (Å²) in [5, 5.41) is 28.7. The van der Waals surface area contributed by atoms with Crippen molar-refractivity contribution in [1.82, 2.24) is 0 Å². The van der Waals surface area contributed by atoms with E-state index in [1.165, 1.54) is 37.5 Å². The Bertz CT molecular complexity index is 851. The summed E-state index contributed by atoms with van der Waals surface area (Å²) in [7, 11) is 1.40. The fourth-order valence-corrected chi connectivity index (χ4v) is 2.38. The lowest BCUT2D eigenvalue weighted by molar-refractivity contribution is 0.101. The molecule has 0 spiro atoms. The van der Waals surface area contributed by atoms with Gasteiger partial charge < -0.3 is 24.8 Å². The minimum atomic E-state index is -0.382. The largest absolute Gasteiger partial charge is 0.507 e. The number of methoxy groups -OCH3 is 1. The molecule has 0 radical (unpaired) electrons. The molecule has 3 N–H and O–H groups in total. The minimum absolute atomic E-state index is 0.0306. The van der Waals surface area contributed by atoms with Crippen molar-refractivity contribution in [3.8, 4) is 28.7 Å². The number of ether oxygens (including phenoxy) is 2. The number of aromatic hydroxyl groups is 3. The second kappa shape index (κ2) is 5.24. The number of rotatable bonds is 2. The standard InChI is InChI=1S/C17H14O6/c1-8-11(19)7-13(22-2)15-16(21)14(23-17(8)15)6-9-3-4-10(18)12(20)5-9/h3-7,18-20H,1-2H3/b14-6+. The number of phenolic OH excluding ortho intramolecular Hbond substituents is 3. The zero-order chi connectivity index (χ0) is 16.7. The maximum atomic E-state index is 12.5. The Hall–Kier alpha value is -3.15. The summed E-state index contributed by atoms with van der Waals surface area (Å²) in [6, 6.07) is 5.52. The second-order valence-corrected chi connectivity index (χ2v) is 5.12. The van der Waals surface area contributed by atoms with E-state index in [0.717, 1.165) is 0 Å². The summed E-state index contributed by atoms with van der Waals surface area (Å²) in [6.07, 6.45) is 1.44. The molecule has 1 aliphatic rings. The molecule has 0 atom stereocenters. The number of Topliss-reactive ketones (excluding diaryl/α,β-unsaturated/α-hetero) is 1. The summed E-state index contributed by atoms with van der Waals surface area (Å²) in [4.78, 5) is 12.5. The van der Waals surface area contributed by atoms with E-state index in [1.54, 1.807) is 6.92 Å². The van der Waals surface area contributed by atoms with E-state index in [1.807, 2.05) is 0 Å². The molecular weight excluding hydrogens is 300 g/mol. The van der Waals surface area contributed by atoms with Crippen LogP contribution in [0.4, 0.5) is 0 Å². The SMILES string of the molecule is COc1cc(O)c(C)c2c1C(=O)/C(=C\c1ccc(O)c(O)c1)O2. The Morgan fingerprint density at radius 3 is 2.48 bits per heavy atom. The second-order valence-electron chi connectivity index (χ2n) is 5.12. The first-order chi connectivity index (χ1) is 10.9. The average Bonchev–Trinajstić information content (AvgIpc) is 2.84. The van der Waals surface area contributed by atoms with E-state index >= 15 is 0 Å². The molecule has 0 saturated heterocycles. The molecule has 118 valence electrons. The van der Waals surface area contributed by atoms with Crippen molar-refractivity contribution in [3.05, 3.63) is 46.7 Å². The maximum absolute atomic E-state index is 12.5. The fraction of sp³-hybridized carbons (Fsp3) is 0.118. The Morgan fingerprint density at radius 1 is 1.09 bits per heavy atom. The molecule has 0 fully saturated rings. The predicted octanol–water partition coefficient (Wildman–Crippen LogP) is 2.74. The lowest BCUT2D eigenvalue weighted by Gasteiger charge is -2.08. The Balaban J connectivity index is 2.08. The van der Waals surface area contributed by atoms with Gasteiger partial charge in [0.1, 0.15) is 22.8 Å². The van der Waals surface area contributed by atoms with Crippen molar-refractivity contribution in [3.63, 3.8) is 0 Å². The molecule has 6 nitrogen and oxygen atoms in total. The number of phenols is 3. The molecule has 0 aliphatic carbocycles. The number of hydrogen-bond acceptors (Lipinski definition) is 6. The summed E-state index contributed by atoms with van der Waals surface area (Å²) in [5.74, 6) is -0.446. The van der Waals surface area contributed by atoms with Crippen LogP contribution in [-0.2, 0) is 0 Å². The third-order valence-corrected chi connectivity index (χ3v) is 3.65. The topological polar surface area (TPSA) is 96.2 Å². The lowest BCUT2D eigenvalue weighted by atomic mass is 10.0. The van der Waals surface area contributed by atoms with Gasteiger partial charge in [0.05, 0.1) is 7.11 Å². The predicted molar refractivity (Wildman–Crippen MR) is 82.1 cm³/mol. The van der Waals surface area contributed by atoms with Crippen LogP contribution in [0.15, 0.2) is 30.0 Å². The molecule has 2 aromatic carbocycles. The molecule has 0 amide bonds. The van der Waals surface area contributed by atoms with Crippen molar-refractivity contribution >= 4 is 11.9 Å². The van der Waals surface area contributed by atoms with Crippen molar-refractivity contribution < 1.29 is 29.6 Å². The van der Waals surface area contributed by atoms with Gasteiger partial charge in [-0.1, -0.05) is 6.07 Å². The van der Waals surface area contributed by atoms with E-state index in [9.17, 15) is 20.1 Å². The molecule has 23 heavy (non-hydrogen) atoms. The van der Waals surface area contributed by atoms with Crippen LogP contribution < -0.4 is 9.47 Å². The van der Waals surface area contributed by atoms with Gasteiger partial charge >= 0.3 is 0 Å². The van der Waals surface area contributed by atoms with Gasteiger partial charge in [0.25, 0.3) is 0 Å². The molecule has 1 heterocycles. The van der Waals surface area contributed by atoms with Gasteiger partial charge in [0, 0.05) is 11.6 Å². The van der Waals surface area contributed by atoms with Gasteiger partial charge in [-0.2, -0.15) is 0 Å². The molecule has 0 bridgehead atoms.